The standard InChI is InChI=1S/C14H15S2/c1-2-16(14-11-7-4-8-12-14)15-13-9-5-3-6-10-13/h3-12H,2H2,1H3/q+1. The van der Waals surface area contributed by atoms with Crippen LogP contribution in [-0.2, 0) is 9.93 Å². The van der Waals surface area contributed by atoms with Crippen LogP contribution in [0.5, 0.6) is 0 Å². The predicted octanol–water partition coefficient (Wildman–Crippen LogP) is 4.39. The minimum absolute atomic E-state index is 0.271. The van der Waals surface area contributed by atoms with Gasteiger partial charge in [-0.1, -0.05) is 36.4 Å². The summed E-state index contributed by atoms with van der Waals surface area (Å²) in [5, 5.41) is 0. The second-order valence-corrected chi connectivity index (χ2v) is 7.43. The Kier molecular flexibility index (Phi) is 4.37. The van der Waals surface area contributed by atoms with E-state index in [0.717, 1.165) is 0 Å². The van der Waals surface area contributed by atoms with Gasteiger partial charge in [-0.3, -0.25) is 0 Å². The average Bonchev–Trinajstić information content (AvgIpc) is 2.38. The van der Waals surface area contributed by atoms with Crippen LogP contribution in [0.1, 0.15) is 6.92 Å². The summed E-state index contributed by atoms with van der Waals surface area (Å²) in [5.74, 6) is 1.18. The van der Waals surface area contributed by atoms with Gasteiger partial charge < -0.3 is 0 Å². The minimum atomic E-state index is 0.271. The lowest BCUT2D eigenvalue weighted by molar-refractivity contribution is 1.41. The Morgan fingerprint density at radius 2 is 1.44 bits per heavy atom. The van der Waals surface area contributed by atoms with E-state index in [-0.39, 0.29) is 9.93 Å². The number of hydrogen-bond donors (Lipinski definition) is 0. The first kappa shape index (κ1) is 11.6. The summed E-state index contributed by atoms with van der Waals surface area (Å²) in [5.41, 5.74) is 0. The van der Waals surface area contributed by atoms with E-state index in [4.69, 9.17) is 0 Å². The van der Waals surface area contributed by atoms with Gasteiger partial charge in [-0.2, -0.15) is 0 Å². The quantitative estimate of drug-likeness (QED) is 0.570. The molecule has 2 aromatic rings. The van der Waals surface area contributed by atoms with E-state index in [9.17, 15) is 0 Å². The fourth-order valence-electron chi connectivity index (χ4n) is 1.44. The first-order chi connectivity index (χ1) is 7.90. The van der Waals surface area contributed by atoms with Crippen LogP contribution in [0.4, 0.5) is 0 Å². The highest BCUT2D eigenvalue weighted by atomic mass is 33.1. The molecule has 0 amide bonds. The summed E-state index contributed by atoms with van der Waals surface area (Å²) >= 11 is 0. The normalized spacial score (nSPS) is 12.3. The number of benzene rings is 2. The smallest absolute Gasteiger partial charge is 0.0622 e. The molecule has 1 unspecified atom stereocenters. The third kappa shape index (κ3) is 3.06. The van der Waals surface area contributed by atoms with Crippen LogP contribution in [0.2, 0.25) is 0 Å². The third-order valence-electron chi connectivity index (χ3n) is 2.21. The molecule has 1 atom stereocenters. The lowest BCUT2D eigenvalue weighted by Crippen LogP contribution is -1.99. The molecule has 0 aromatic heterocycles. The summed E-state index contributed by atoms with van der Waals surface area (Å²) in [7, 11) is 2.24. The lowest BCUT2D eigenvalue weighted by Gasteiger charge is -2.03. The van der Waals surface area contributed by atoms with Crippen molar-refractivity contribution in [3.63, 3.8) is 0 Å². The van der Waals surface area contributed by atoms with E-state index in [1.807, 2.05) is 10.8 Å². The molecule has 0 spiro atoms. The molecular formula is C14H15S2+. The summed E-state index contributed by atoms with van der Waals surface area (Å²) in [4.78, 5) is 2.80. The summed E-state index contributed by atoms with van der Waals surface area (Å²) in [6, 6.07) is 21.4. The lowest BCUT2D eigenvalue weighted by atomic mass is 10.4. The summed E-state index contributed by atoms with van der Waals surface area (Å²) in [6.07, 6.45) is 0. The minimum Gasteiger partial charge on any atom is -0.0622 e. The third-order valence-corrected chi connectivity index (χ3v) is 6.66. The van der Waals surface area contributed by atoms with E-state index in [0.29, 0.717) is 0 Å². The molecule has 16 heavy (non-hydrogen) atoms. The maximum Gasteiger partial charge on any atom is 0.168 e. The van der Waals surface area contributed by atoms with Crippen molar-refractivity contribution in [1.82, 2.24) is 0 Å². The molecule has 0 aliphatic carbocycles. The van der Waals surface area contributed by atoms with Gasteiger partial charge in [-0.15, -0.1) is 0 Å². The van der Waals surface area contributed by atoms with Crippen molar-refractivity contribution in [3.05, 3.63) is 60.7 Å². The summed E-state index contributed by atoms with van der Waals surface area (Å²) < 4.78 is 0. The van der Waals surface area contributed by atoms with Crippen molar-refractivity contribution >= 4 is 20.7 Å². The van der Waals surface area contributed by atoms with Crippen molar-refractivity contribution in [2.24, 2.45) is 0 Å². The van der Waals surface area contributed by atoms with Gasteiger partial charge in [-0.25, -0.2) is 0 Å². The van der Waals surface area contributed by atoms with Gasteiger partial charge in [0.25, 0.3) is 0 Å². The van der Waals surface area contributed by atoms with Gasteiger partial charge in [0.2, 0.25) is 0 Å². The molecule has 0 heterocycles. The predicted molar refractivity (Wildman–Crippen MR) is 74.9 cm³/mol. The van der Waals surface area contributed by atoms with Crippen molar-refractivity contribution in [2.45, 2.75) is 16.7 Å². The second kappa shape index (κ2) is 6.02. The fourth-order valence-corrected chi connectivity index (χ4v) is 4.95. The molecule has 2 aromatic carbocycles. The van der Waals surface area contributed by atoms with E-state index >= 15 is 0 Å². The molecule has 0 bridgehead atoms. The van der Waals surface area contributed by atoms with Crippen LogP contribution >= 0.6 is 10.8 Å². The first-order valence-electron chi connectivity index (χ1n) is 5.39. The molecule has 0 aliphatic heterocycles. The van der Waals surface area contributed by atoms with Gasteiger partial charge in [0.15, 0.2) is 4.90 Å². The molecule has 0 fully saturated rings. The largest absolute Gasteiger partial charge is 0.168 e. The van der Waals surface area contributed by atoms with Gasteiger partial charge >= 0.3 is 0 Å². The van der Waals surface area contributed by atoms with Crippen LogP contribution in [0.25, 0.3) is 0 Å². The Morgan fingerprint density at radius 1 is 0.875 bits per heavy atom. The zero-order chi connectivity index (χ0) is 11.2. The van der Waals surface area contributed by atoms with Crippen LogP contribution in [0, 0.1) is 0 Å². The zero-order valence-corrected chi connectivity index (χ0v) is 10.9. The number of rotatable bonds is 4. The van der Waals surface area contributed by atoms with Gasteiger partial charge in [0.05, 0.1) is 14.8 Å². The highest BCUT2D eigenvalue weighted by Gasteiger charge is 2.21. The van der Waals surface area contributed by atoms with E-state index in [1.54, 1.807) is 0 Å². The van der Waals surface area contributed by atoms with Gasteiger partial charge in [0.1, 0.15) is 16.5 Å². The average molecular weight is 247 g/mol. The topological polar surface area (TPSA) is 0 Å². The molecule has 0 aliphatic rings. The SMILES string of the molecule is CC[S+](Sc1ccccc1)c1ccccc1. The van der Waals surface area contributed by atoms with Crippen molar-refractivity contribution in [2.75, 3.05) is 5.75 Å². The molecule has 0 radical (unpaired) electrons. The highest BCUT2D eigenvalue weighted by Crippen LogP contribution is 2.32. The first-order valence-corrected chi connectivity index (χ1v) is 8.12. The van der Waals surface area contributed by atoms with Gasteiger partial charge in [0, 0.05) is 0 Å². The van der Waals surface area contributed by atoms with Crippen LogP contribution in [0.15, 0.2) is 70.5 Å². The second-order valence-electron chi connectivity index (χ2n) is 3.34. The molecule has 0 nitrogen and oxygen atoms in total. The molecule has 2 rings (SSSR count). The molecular weight excluding hydrogens is 232 g/mol. The molecule has 0 saturated carbocycles. The Morgan fingerprint density at radius 3 is 2.00 bits per heavy atom. The monoisotopic (exact) mass is 247 g/mol. The Balaban J connectivity index is 2.13. The maximum absolute atomic E-state index is 2.26. The molecule has 82 valence electrons. The zero-order valence-electron chi connectivity index (χ0n) is 9.30. The van der Waals surface area contributed by atoms with Crippen LogP contribution in [-0.4, -0.2) is 5.75 Å². The Labute approximate surface area is 104 Å². The maximum atomic E-state index is 2.26. The Bertz CT molecular complexity index is 411. The van der Waals surface area contributed by atoms with E-state index in [2.05, 4.69) is 67.6 Å². The number of hydrogen-bond acceptors (Lipinski definition) is 1. The van der Waals surface area contributed by atoms with Crippen LogP contribution in [0.3, 0.4) is 0 Å². The molecule has 0 saturated heterocycles. The molecule has 0 N–H and O–H groups in total. The summed E-state index contributed by atoms with van der Waals surface area (Å²) in [6.45, 7) is 2.26. The van der Waals surface area contributed by atoms with Crippen molar-refractivity contribution in [3.8, 4) is 0 Å². The highest BCUT2D eigenvalue weighted by molar-refractivity contribution is 8.74. The van der Waals surface area contributed by atoms with E-state index < -0.39 is 0 Å². The van der Waals surface area contributed by atoms with Crippen LogP contribution < -0.4 is 0 Å². The van der Waals surface area contributed by atoms with E-state index in [1.165, 1.54) is 15.5 Å². The molecule has 2 heteroatoms. The van der Waals surface area contributed by atoms with Gasteiger partial charge in [-0.05, 0) is 31.2 Å². The van der Waals surface area contributed by atoms with Crippen molar-refractivity contribution in [1.29, 1.82) is 0 Å². The Hall–Kier alpha value is -0.860. The van der Waals surface area contributed by atoms with Crippen molar-refractivity contribution < 1.29 is 0 Å². The fraction of sp³-hybridized carbons (Fsp3) is 0.143.